The lowest BCUT2D eigenvalue weighted by molar-refractivity contribution is -0.174. The molecular formula is C33H44N4O11. The predicted octanol–water partition coefficient (Wildman–Crippen LogP) is 0.0410. The van der Waals surface area contributed by atoms with E-state index in [-0.39, 0.29) is 24.6 Å². The van der Waals surface area contributed by atoms with Crippen LogP contribution in [0.15, 0.2) is 24.0 Å². The summed E-state index contributed by atoms with van der Waals surface area (Å²) in [5, 5.41) is 27.1. The number of ether oxygens (including phenoxy) is 4. The zero-order chi connectivity index (χ0) is 35.0. The van der Waals surface area contributed by atoms with Crippen LogP contribution >= 0.6 is 0 Å². The first-order chi connectivity index (χ1) is 22.8. The maximum absolute atomic E-state index is 13.2. The Morgan fingerprint density at radius 2 is 1.94 bits per heavy atom. The van der Waals surface area contributed by atoms with Gasteiger partial charge in [0.25, 0.3) is 0 Å². The number of rotatable bonds is 14. The number of nitrogens with one attached hydrogen (secondary N) is 2. The highest BCUT2D eigenvalue weighted by molar-refractivity contribution is 5.91. The van der Waals surface area contributed by atoms with Crippen molar-refractivity contribution < 1.29 is 53.1 Å². The third kappa shape index (κ3) is 6.10. The normalized spacial score (nSPS) is 26.8. The molecule has 1 saturated heterocycles. The van der Waals surface area contributed by atoms with Crippen LogP contribution in [0.3, 0.4) is 0 Å². The van der Waals surface area contributed by atoms with Crippen molar-refractivity contribution in [3.8, 4) is 11.5 Å². The minimum atomic E-state index is -1.92. The van der Waals surface area contributed by atoms with Crippen molar-refractivity contribution in [1.82, 2.24) is 15.5 Å². The van der Waals surface area contributed by atoms with E-state index in [1.54, 1.807) is 6.08 Å². The number of carboxylic acids is 1. The number of likely N-dealkylation sites (tertiary alicyclic amines) is 1. The average molecular weight is 673 g/mol. The van der Waals surface area contributed by atoms with Gasteiger partial charge in [0.05, 0.1) is 24.5 Å². The molecule has 0 unspecified atom stereocenters. The number of hydrogen-bond acceptors (Lipinski definition) is 12. The van der Waals surface area contributed by atoms with Gasteiger partial charge in [-0.2, -0.15) is 0 Å². The highest BCUT2D eigenvalue weighted by atomic mass is 16.6. The van der Waals surface area contributed by atoms with Gasteiger partial charge in [-0.15, -0.1) is 0 Å². The Hall–Kier alpha value is -4.21. The number of esters is 2. The fourth-order valence-electron chi connectivity index (χ4n) is 7.71. The summed E-state index contributed by atoms with van der Waals surface area (Å²) >= 11 is 0. The number of hydrogen-bond donors (Lipinski definition) is 5. The third-order valence-electron chi connectivity index (χ3n) is 10.0. The fourth-order valence-corrected chi connectivity index (χ4v) is 7.71. The molecular weight excluding hydrogens is 628 g/mol. The van der Waals surface area contributed by atoms with Crippen molar-refractivity contribution >= 4 is 29.7 Å². The lowest BCUT2D eigenvalue weighted by Crippen LogP contribution is -2.74. The molecule has 4 aliphatic rings. The number of carboxylic acid groups (broad SMARTS) is 1. The molecule has 2 heterocycles. The van der Waals surface area contributed by atoms with Crippen LogP contribution in [0.1, 0.15) is 63.5 Å². The zero-order valence-corrected chi connectivity index (χ0v) is 27.6. The number of nitrogens with zero attached hydrogens (tertiary/aromatic N) is 1. The summed E-state index contributed by atoms with van der Waals surface area (Å²) < 4.78 is 22.9. The maximum atomic E-state index is 13.2. The summed E-state index contributed by atoms with van der Waals surface area (Å²) in [7, 11) is 3.49. The third-order valence-corrected chi connectivity index (χ3v) is 10.0. The van der Waals surface area contributed by atoms with E-state index in [9.17, 15) is 34.2 Å². The first-order valence-electron chi connectivity index (χ1n) is 16.2. The van der Waals surface area contributed by atoms with E-state index in [0.29, 0.717) is 50.3 Å². The van der Waals surface area contributed by atoms with Crippen LogP contribution < -0.4 is 25.8 Å². The van der Waals surface area contributed by atoms with Crippen LogP contribution in [-0.4, -0.2) is 108 Å². The van der Waals surface area contributed by atoms with Crippen molar-refractivity contribution in [2.45, 2.75) is 100 Å². The van der Waals surface area contributed by atoms with Gasteiger partial charge in [0.2, 0.25) is 17.9 Å². The Labute approximate surface area is 278 Å². The Bertz CT molecular complexity index is 1510. The van der Waals surface area contributed by atoms with Gasteiger partial charge in [0.15, 0.2) is 17.6 Å². The number of carbonyl (C=O) groups is 5. The highest BCUT2D eigenvalue weighted by Crippen LogP contribution is 2.65. The first-order valence-corrected chi connectivity index (χ1v) is 16.2. The topological polar surface area (TPSA) is 216 Å². The minimum absolute atomic E-state index is 0.133. The lowest BCUT2D eigenvalue weighted by Gasteiger charge is -2.61. The standard InChI is InChI=1S/C33H44N4O11/c1-17(35-29(40)20(36-18(2)38)7-5-6-13-34)31(43)47-23(30(41)42)16-25(39)46-22-10-11-33(44)24-15-19-8-9-21(45-4)27-26(19)32(33,28(22)48-27)12-14-37(24)3/h8-10,17,20,23-24,28,44H,5-7,11-16,34H2,1-4H3,(H,35,40)(H,36,38)(H,41,42)/t17-,20-,23-,24-,28+,32+,33-/m0/s1. The van der Waals surface area contributed by atoms with Crippen molar-refractivity contribution in [3.05, 3.63) is 35.1 Å². The van der Waals surface area contributed by atoms with Crippen LogP contribution in [0, 0.1) is 0 Å². The van der Waals surface area contributed by atoms with Gasteiger partial charge in [-0.1, -0.05) is 6.07 Å². The van der Waals surface area contributed by atoms with E-state index in [4.69, 9.17) is 24.7 Å². The largest absolute Gasteiger partial charge is 0.493 e. The molecule has 1 spiro atoms. The summed E-state index contributed by atoms with van der Waals surface area (Å²) in [6, 6.07) is 1.35. The quantitative estimate of drug-likeness (QED) is 0.131. The lowest BCUT2D eigenvalue weighted by atomic mass is 9.50. The molecule has 2 aliphatic heterocycles. The number of piperidine rings is 1. The molecule has 1 fully saturated rings. The molecule has 2 amide bonds. The van der Waals surface area contributed by atoms with Gasteiger partial charge < -0.3 is 50.4 Å². The number of amides is 2. The second kappa shape index (κ2) is 13.7. The number of aliphatic hydroxyl groups is 1. The van der Waals surface area contributed by atoms with Crippen molar-refractivity contribution in [1.29, 1.82) is 0 Å². The molecule has 6 N–H and O–H groups in total. The number of methoxy groups -OCH3 is 1. The van der Waals surface area contributed by atoms with Crippen molar-refractivity contribution in [3.63, 3.8) is 0 Å². The van der Waals surface area contributed by atoms with Gasteiger partial charge >= 0.3 is 17.9 Å². The summed E-state index contributed by atoms with van der Waals surface area (Å²) in [4.78, 5) is 64.6. The van der Waals surface area contributed by atoms with E-state index >= 15 is 0 Å². The fraction of sp³-hybridized carbons (Fsp3) is 0.606. The maximum Gasteiger partial charge on any atom is 0.345 e. The molecule has 15 nitrogen and oxygen atoms in total. The molecule has 15 heteroatoms. The van der Waals surface area contributed by atoms with Crippen LogP contribution in [0.2, 0.25) is 0 Å². The molecule has 0 radical (unpaired) electrons. The number of unbranched alkanes of at least 4 members (excludes halogenated alkanes) is 1. The van der Waals surface area contributed by atoms with Crippen LogP contribution in [-0.2, 0) is 45.3 Å². The van der Waals surface area contributed by atoms with E-state index in [1.807, 2.05) is 19.2 Å². The molecule has 48 heavy (non-hydrogen) atoms. The van der Waals surface area contributed by atoms with Crippen LogP contribution in [0.25, 0.3) is 0 Å². The highest BCUT2D eigenvalue weighted by Gasteiger charge is 2.72. The molecule has 5 rings (SSSR count). The number of nitrogens with two attached hydrogens (primary N) is 1. The Morgan fingerprint density at radius 1 is 1.19 bits per heavy atom. The summed E-state index contributed by atoms with van der Waals surface area (Å²) in [6.07, 6.45) is 0.716. The zero-order valence-electron chi connectivity index (χ0n) is 27.6. The van der Waals surface area contributed by atoms with Gasteiger partial charge in [-0.25, -0.2) is 9.59 Å². The average Bonchev–Trinajstić information content (AvgIpc) is 3.39. The summed E-state index contributed by atoms with van der Waals surface area (Å²) in [5.41, 5.74) is 5.20. The van der Waals surface area contributed by atoms with Gasteiger partial charge in [-0.05, 0) is 76.9 Å². The second-order valence-electron chi connectivity index (χ2n) is 13.0. The SMILES string of the molecule is COc1ccc2c3c1O[C@@H]1C(OC(=O)C[C@H](OC(=O)[C@H](C)NC(=O)[C@H](CCCCN)NC(C)=O)C(=O)O)=CC[C@]4(O)[C@H](C2)N(C)CC[C@@]314. The number of benzene rings is 1. The molecule has 262 valence electrons. The number of likely N-dealkylation sites (N-methyl/N-ethyl adjacent to an activating group) is 1. The Balaban J connectivity index is 1.28. The molecule has 1 aromatic carbocycles. The smallest absolute Gasteiger partial charge is 0.345 e. The first kappa shape index (κ1) is 35.1. The molecule has 0 aromatic heterocycles. The minimum Gasteiger partial charge on any atom is -0.493 e. The van der Waals surface area contributed by atoms with Gasteiger partial charge in [0.1, 0.15) is 17.8 Å². The summed E-state index contributed by atoms with van der Waals surface area (Å²) in [6.45, 7) is 3.62. The molecule has 2 bridgehead atoms. The number of aliphatic carboxylic acids is 1. The van der Waals surface area contributed by atoms with Crippen molar-refractivity contribution in [2.24, 2.45) is 5.73 Å². The van der Waals surface area contributed by atoms with Gasteiger partial charge in [-0.3, -0.25) is 14.4 Å². The summed E-state index contributed by atoms with van der Waals surface area (Å²) in [5.74, 6) is -3.66. The molecule has 7 atom stereocenters. The molecule has 2 aliphatic carbocycles. The molecule has 0 saturated carbocycles. The van der Waals surface area contributed by atoms with Gasteiger partial charge in [0, 0.05) is 24.9 Å². The van der Waals surface area contributed by atoms with Crippen LogP contribution in [0.4, 0.5) is 0 Å². The monoisotopic (exact) mass is 672 g/mol. The van der Waals surface area contributed by atoms with Crippen LogP contribution in [0.5, 0.6) is 11.5 Å². The Kier molecular flexibility index (Phi) is 10.0. The predicted molar refractivity (Wildman–Crippen MR) is 168 cm³/mol. The van der Waals surface area contributed by atoms with E-state index in [2.05, 4.69) is 15.5 Å². The Morgan fingerprint density at radius 3 is 2.60 bits per heavy atom. The molecule has 1 aromatic rings. The van der Waals surface area contributed by atoms with Crippen molar-refractivity contribution in [2.75, 3.05) is 27.2 Å². The van der Waals surface area contributed by atoms with E-state index in [0.717, 1.165) is 11.1 Å². The van der Waals surface area contributed by atoms with E-state index in [1.165, 1.54) is 21.0 Å². The number of carbonyl (C=O) groups excluding carboxylic acids is 4. The van der Waals surface area contributed by atoms with E-state index < -0.39 is 71.5 Å². The second-order valence-corrected chi connectivity index (χ2v) is 13.0.